The molecule has 2 unspecified atom stereocenters. The van der Waals surface area contributed by atoms with Gasteiger partial charge in [-0.15, -0.1) is 0 Å². The largest absolute Gasteiger partial charge is 0.377 e. The number of piperidine rings is 1. The first-order chi connectivity index (χ1) is 8.81. The Labute approximate surface area is 109 Å². The summed E-state index contributed by atoms with van der Waals surface area (Å²) in [6.07, 6.45) is 6.19. The van der Waals surface area contributed by atoms with E-state index in [0.29, 0.717) is 31.1 Å². The maximum absolute atomic E-state index is 12.4. The van der Waals surface area contributed by atoms with Crippen LogP contribution in [0.2, 0.25) is 0 Å². The van der Waals surface area contributed by atoms with Crippen LogP contribution in [-0.2, 0) is 9.53 Å². The Morgan fingerprint density at radius 3 is 2.44 bits per heavy atom. The molecule has 0 aromatic rings. The molecule has 0 radical (unpaired) electrons. The molecule has 4 heteroatoms. The molecule has 1 saturated heterocycles. The van der Waals surface area contributed by atoms with Gasteiger partial charge in [0.05, 0.1) is 12.7 Å². The van der Waals surface area contributed by atoms with Gasteiger partial charge in [0.25, 0.3) is 0 Å². The van der Waals surface area contributed by atoms with Crippen molar-refractivity contribution in [3.8, 4) is 0 Å². The Balaban J connectivity index is 1.44. The molecule has 1 heterocycles. The van der Waals surface area contributed by atoms with E-state index in [4.69, 9.17) is 10.5 Å². The predicted molar refractivity (Wildman–Crippen MR) is 68.9 cm³/mol. The minimum atomic E-state index is 0.316. The first kappa shape index (κ1) is 12.4. The number of fused-ring (bicyclic) bond motifs is 1. The summed E-state index contributed by atoms with van der Waals surface area (Å²) in [5, 5.41) is 0. The molecule has 3 rings (SSSR count). The van der Waals surface area contributed by atoms with E-state index in [1.807, 2.05) is 0 Å². The number of carbonyl (C=O) groups is 1. The molecule has 0 aromatic heterocycles. The molecular weight excluding hydrogens is 228 g/mol. The van der Waals surface area contributed by atoms with Crippen LogP contribution in [0.25, 0.3) is 0 Å². The van der Waals surface area contributed by atoms with Crippen LogP contribution >= 0.6 is 0 Å². The van der Waals surface area contributed by atoms with Crippen molar-refractivity contribution in [2.45, 2.75) is 38.2 Å². The van der Waals surface area contributed by atoms with Crippen molar-refractivity contribution in [2.75, 3.05) is 26.2 Å². The van der Waals surface area contributed by atoms with Crippen LogP contribution in [0.5, 0.6) is 0 Å². The SMILES string of the molecule is NCCOC1CCN(C(=O)C2C3CCCC32)CC1. The fourth-order valence-corrected chi connectivity index (χ4v) is 3.88. The van der Waals surface area contributed by atoms with Crippen LogP contribution in [0.1, 0.15) is 32.1 Å². The summed E-state index contributed by atoms with van der Waals surface area (Å²) in [4.78, 5) is 14.4. The Morgan fingerprint density at radius 2 is 1.83 bits per heavy atom. The third-order valence-electron chi connectivity index (χ3n) is 4.92. The Kier molecular flexibility index (Phi) is 3.57. The van der Waals surface area contributed by atoms with Gasteiger partial charge in [-0.3, -0.25) is 4.79 Å². The molecule has 102 valence electrons. The van der Waals surface area contributed by atoms with Crippen molar-refractivity contribution in [2.24, 2.45) is 23.5 Å². The second-order valence-corrected chi connectivity index (χ2v) is 5.97. The van der Waals surface area contributed by atoms with E-state index in [0.717, 1.165) is 37.8 Å². The standard InChI is InChI=1S/C14H24N2O2/c15-6-9-18-10-4-7-16(8-5-10)14(17)13-11-2-1-3-12(11)13/h10-13H,1-9,15H2. The summed E-state index contributed by atoms with van der Waals surface area (Å²) in [5.41, 5.74) is 5.43. The van der Waals surface area contributed by atoms with Crippen LogP contribution in [0.4, 0.5) is 0 Å². The number of amides is 1. The van der Waals surface area contributed by atoms with Crippen LogP contribution in [0, 0.1) is 17.8 Å². The van der Waals surface area contributed by atoms with Gasteiger partial charge in [0.2, 0.25) is 5.91 Å². The number of nitrogens with two attached hydrogens (primary N) is 1. The van der Waals surface area contributed by atoms with Crippen molar-refractivity contribution in [1.82, 2.24) is 4.90 Å². The maximum Gasteiger partial charge on any atom is 0.226 e. The van der Waals surface area contributed by atoms with Crippen molar-refractivity contribution in [1.29, 1.82) is 0 Å². The molecule has 2 aliphatic carbocycles. The molecule has 4 nitrogen and oxygen atoms in total. The fraction of sp³-hybridized carbons (Fsp3) is 0.929. The molecule has 1 amide bonds. The lowest BCUT2D eigenvalue weighted by atomic mass is 10.1. The highest BCUT2D eigenvalue weighted by Gasteiger charge is 2.57. The predicted octanol–water partition coefficient (Wildman–Crippen LogP) is 0.999. The van der Waals surface area contributed by atoms with Crippen LogP contribution in [0.3, 0.4) is 0 Å². The van der Waals surface area contributed by atoms with E-state index < -0.39 is 0 Å². The minimum absolute atomic E-state index is 0.316. The molecule has 0 spiro atoms. The third kappa shape index (κ3) is 2.28. The summed E-state index contributed by atoms with van der Waals surface area (Å²) in [6.45, 7) is 2.99. The van der Waals surface area contributed by atoms with Gasteiger partial charge in [-0.25, -0.2) is 0 Å². The van der Waals surface area contributed by atoms with Gasteiger partial charge in [-0.05, 0) is 37.5 Å². The van der Waals surface area contributed by atoms with E-state index in [-0.39, 0.29) is 0 Å². The van der Waals surface area contributed by atoms with E-state index in [1.165, 1.54) is 19.3 Å². The smallest absolute Gasteiger partial charge is 0.226 e. The van der Waals surface area contributed by atoms with Gasteiger partial charge in [-0.1, -0.05) is 6.42 Å². The van der Waals surface area contributed by atoms with E-state index >= 15 is 0 Å². The topological polar surface area (TPSA) is 55.6 Å². The van der Waals surface area contributed by atoms with Gasteiger partial charge >= 0.3 is 0 Å². The number of hydrogen-bond acceptors (Lipinski definition) is 3. The van der Waals surface area contributed by atoms with E-state index in [1.54, 1.807) is 0 Å². The molecule has 2 atom stereocenters. The second-order valence-electron chi connectivity index (χ2n) is 5.97. The normalized spacial score (nSPS) is 35.6. The zero-order chi connectivity index (χ0) is 12.5. The van der Waals surface area contributed by atoms with Crippen LogP contribution in [0.15, 0.2) is 0 Å². The number of rotatable bonds is 4. The number of nitrogens with zero attached hydrogens (tertiary/aromatic N) is 1. The van der Waals surface area contributed by atoms with Crippen LogP contribution in [-0.4, -0.2) is 43.2 Å². The molecule has 2 N–H and O–H groups in total. The average Bonchev–Trinajstić information content (AvgIpc) is 2.88. The Bertz CT molecular complexity index is 303. The lowest BCUT2D eigenvalue weighted by Gasteiger charge is -2.32. The summed E-state index contributed by atoms with van der Waals surface area (Å²) in [7, 11) is 0. The zero-order valence-corrected chi connectivity index (χ0v) is 11.0. The highest BCUT2D eigenvalue weighted by atomic mass is 16.5. The molecule has 0 bridgehead atoms. The number of ether oxygens (including phenoxy) is 1. The monoisotopic (exact) mass is 252 g/mol. The average molecular weight is 252 g/mol. The number of hydrogen-bond donors (Lipinski definition) is 1. The summed E-state index contributed by atoms with van der Waals surface area (Å²) >= 11 is 0. The van der Waals surface area contributed by atoms with Crippen molar-refractivity contribution >= 4 is 5.91 Å². The van der Waals surface area contributed by atoms with Gasteiger partial charge in [0.15, 0.2) is 0 Å². The summed E-state index contributed by atoms with van der Waals surface area (Å²) < 4.78 is 5.65. The maximum atomic E-state index is 12.4. The van der Waals surface area contributed by atoms with E-state index in [9.17, 15) is 4.79 Å². The quantitative estimate of drug-likeness (QED) is 0.812. The second kappa shape index (κ2) is 5.17. The lowest BCUT2D eigenvalue weighted by molar-refractivity contribution is -0.136. The molecule has 3 aliphatic rings. The van der Waals surface area contributed by atoms with Crippen molar-refractivity contribution in [3.63, 3.8) is 0 Å². The minimum Gasteiger partial charge on any atom is -0.377 e. The van der Waals surface area contributed by atoms with Gasteiger partial charge in [-0.2, -0.15) is 0 Å². The molecule has 1 aliphatic heterocycles. The van der Waals surface area contributed by atoms with Gasteiger partial charge < -0.3 is 15.4 Å². The first-order valence-corrected chi connectivity index (χ1v) is 7.41. The molecule has 18 heavy (non-hydrogen) atoms. The molecular formula is C14H24N2O2. The molecule has 3 fully saturated rings. The van der Waals surface area contributed by atoms with Crippen LogP contribution < -0.4 is 5.73 Å². The zero-order valence-electron chi connectivity index (χ0n) is 11.0. The lowest BCUT2D eigenvalue weighted by Crippen LogP contribution is -2.42. The molecule has 2 saturated carbocycles. The Morgan fingerprint density at radius 1 is 1.17 bits per heavy atom. The van der Waals surface area contributed by atoms with Gasteiger partial charge in [0, 0.05) is 25.6 Å². The van der Waals surface area contributed by atoms with Crippen molar-refractivity contribution in [3.05, 3.63) is 0 Å². The summed E-state index contributed by atoms with van der Waals surface area (Å²) in [6, 6.07) is 0. The number of likely N-dealkylation sites (tertiary alicyclic amines) is 1. The molecule has 0 aromatic carbocycles. The summed E-state index contributed by atoms with van der Waals surface area (Å²) in [5.74, 6) is 2.30. The highest BCUT2D eigenvalue weighted by molar-refractivity contribution is 5.82. The number of carbonyl (C=O) groups excluding carboxylic acids is 1. The first-order valence-electron chi connectivity index (χ1n) is 7.41. The highest BCUT2D eigenvalue weighted by Crippen LogP contribution is 2.58. The van der Waals surface area contributed by atoms with Gasteiger partial charge in [0.1, 0.15) is 0 Å². The third-order valence-corrected chi connectivity index (χ3v) is 4.92. The van der Waals surface area contributed by atoms with Crippen molar-refractivity contribution < 1.29 is 9.53 Å². The Hall–Kier alpha value is -0.610. The van der Waals surface area contributed by atoms with E-state index in [2.05, 4.69) is 4.90 Å². The fourth-order valence-electron chi connectivity index (χ4n) is 3.88.